The van der Waals surface area contributed by atoms with E-state index in [9.17, 15) is 19.3 Å². The average Bonchev–Trinajstić information content (AvgIpc) is 2.71. The molecule has 0 spiro atoms. The molecule has 2 atom stereocenters. The first-order valence-corrected chi connectivity index (χ1v) is 9.11. The summed E-state index contributed by atoms with van der Waals surface area (Å²) < 4.78 is 24.0. The Labute approximate surface area is 168 Å². The molecule has 9 heteroatoms. The van der Waals surface area contributed by atoms with Gasteiger partial charge in [0, 0.05) is 11.6 Å². The molecule has 1 amide bonds. The van der Waals surface area contributed by atoms with Crippen molar-refractivity contribution in [2.75, 3.05) is 26.1 Å². The molecule has 0 fully saturated rings. The predicted octanol–water partition coefficient (Wildman–Crippen LogP) is 2.18. The third kappa shape index (κ3) is 5.41. The van der Waals surface area contributed by atoms with E-state index in [2.05, 4.69) is 5.32 Å². The van der Waals surface area contributed by atoms with E-state index in [1.165, 1.54) is 38.5 Å². The van der Waals surface area contributed by atoms with Gasteiger partial charge in [0.2, 0.25) is 0 Å². The van der Waals surface area contributed by atoms with Gasteiger partial charge in [-0.25, -0.2) is 4.39 Å². The lowest BCUT2D eigenvalue weighted by Crippen LogP contribution is -3.15. The molecule has 0 saturated carbocycles. The minimum atomic E-state index is -0.534. The first-order valence-electron chi connectivity index (χ1n) is 9.11. The van der Waals surface area contributed by atoms with Gasteiger partial charge in [-0.2, -0.15) is 0 Å². The summed E-state index contributed by atoms with van der Waals surface area (Å²) in [6.07, 6.45) is 0. The molecule has 0 aliphatic rings. The van der Waals surface area contributed by atoms with E-state index in [1.807, 2.05) is 6.92 Å². The lowest BCUT2D eigenvalue weighted by Gasteiger charge is -2.24. The molecule has 156 valence electrons. The number of methoxy groups -OCH3 is 2. The molecule has 2 aromatic carbocycles. The van der Waals surface area contributed by atoms with Crippen LogP contribution in [0.25, 0.3) is 0 Å². The zero-order chi connectivity index (χ0) is 21.6. The number of anilines is 1. The van der Waals surface area contributed by atoms with Crippen molar-refractivity contribution in [3.8, 4) is 11.5 Å². The molecular formula is C20H25FN3O5+. The molecule has 2 N–H and O–H groups in total. The molecule has 2 rings (SSSR count). The number of ether oxygens (including phenoxy) is 2. The normalized spacial score (nSPS) is 12.7. The number of likely N-dealkylation sites (N-methyl/N-ethyl adjacent to an activating group) is 1. The van der Waals surface area contributed by atoms with Gasteiger partial charge in [-0.3, -0.25) is 14.9 Å². The van der Waals surface area contributed by atoms with Crippen LogP contribution in [0.4, 0.5) is 15.8 Å². The van der Waals surface area contributed by atoms with Crippen molar-refractivity contribution in [3.63, 3.8) is 0 Å². The number of amides is 1. The summed E-state index contributed by atoms with van der Waals surface area (Å²) in [4.78, 5) is 24.0. The summed E-state index contributed by atoms with van der Waals surface area (Å²) in [5.74, 6) is -0.353. The van der Waals surface area contributed by atoms with E-state index in [-0.39, 0.29) is 23.1 Å². The Balaban J connectivity index is 2.13. The predicted molar refractivity (Wildman–Crippen MR) is 106 cm³/mol. The molecule has 0 radical (unpaired) electrons. The van der Waals surface area contributed by atoms with Crippen LogP contribution in [0.15, 0.2) is 36.4 Å². The van der Waals surface area contributed by atoms with Gasteiger partial charge in [-0.15, -0.1) is 0 Å². The van der Waals surface area contributed by atoms with E-state index in [0.29, 0.717) is 18.8 Å². The van der Waals surface area contributed by atoms with Crippen molar-refractivity contribution >= 4 is 17.3 Å². The van der Waals surface area contributed by atoms with Gasteiger partial charge in [0.1, 0.15) is 12.3 Å². The van der Waals surface area contributed by atoms with Gasteiger partial charge in [0.25, 0.3) is 11.6 Å². The van der Waals surface area contributed by atoms with Crippen molar-refractivity contribution in [3.05, 3.63) is 57.9 Å². The lowest BCUT2D eigenvalue weighted by atomic mass is 10.1. The molecule has 29 heavy (non-hydrogen) atoms. The van der Waals surface area contributed by atoms with Gasteiger partial charge in [0.15, 0.2) is 17.6 Å². The number of benzene rings is 2. The highest BCUT2D eigenvalue weighted by atomic mass is 19.1. The third-order valence-corrected chi connectivity index (χ3v) is 4.76. The van der Waals surface area contributed by atoms with Gasteiger partial charge < -0.3 is 19.7 Å². The smallest absolute Gasteiger partial charge is 0.282 e. The third-order valence-electron chi connectivity index (χ3n) is 4.76. The molecule has 1 unspecified atom stereocenters. The van der Waals surface area contributed by atoms with Crippen LogP contribution >= 0.6 is 0 Å². The highest BCUT2D eigenvalue weighted by Crippen LogP contribution is 2.29. The maximum absolute atomic E-state index is 13.9. The summed E-state index contributed by atoms with van der Waals surface area (Å²) in [7, 11) is 2.78. The lowest BCUT2D eigenvalue weighted by molar-refractivity contribution is -0.925. The summed E-state index contributed by atoms with van der Waals surface area (Å²) >= 11 is 0. The van der Waals surface area contributed by atoms with E-state index >= 15 is 0 Å². The van der Waals surface area contributed by atoms with Crippen molar-refractivity contribution in [2.24, 2.45) is 0 Å². The van der Waals surface area contributed by atoms with Crippen LogP contribution in [0.5, 0.6) is 11.5 Å². The molecule has 0 aromatic heterocycles. The van der Waals surface area contributed by atoms with Crippen molar-refractivity contribution in [1.82, 2.24) is 0 Å². The number of carbonyl (C=O) groups is 1. The molecule has 2 aromatic rings. The number of nitro benzene ring substituents is 1. The van der Waals surface area contributed by atoms with E-state index in [1.54, 1.807) is 19.1 Å². The van der Waals surface area contributed by atoms with E-state index < -0.39 is 16.8 Å². The maximum Gasteiger partial charge on any atom is 0.282 e. The van der Waals surface area contributed by atoms with Crippen LogP contribution in [0, 0.1) is 15.9 Å². The van der Waals surface area contributed by atoms with Crippen LogP contribution in [-0.2, 0) is 11.3 Å². The second kappa shape index (κ2) is 9.83. The molecule has 0 saturated heterocycles. The SMILES string of the molecule is CC[NH+](Cc1ccc(OC)c(F)c1)[C@@H](C)C(=O)Nc1ccc([N+](=O)[O-])cc1OC. The summed E-state index contributed by atoms with van der Waals surface area (Å²) in [6.45, 7) is 4.79. The Morgan fingerprint density at radius 1 is 1.21 bits per heavy atom. The number of hydrogen-bond donors (Lipinski definition) is 2. The number of rotatable bonds is 9. The van der Waals surface area contributed by atoms with Crippen LogP contribution in [-0.4, -0.2) is 37.6 Å². The molecule has 0 aliphatic heterocycles. The van der Waals surface area contributed by atoms with Crippen LogP contribution < -0.4 is 19.7 Å². The number of non-ortho nitro benzene ring substituents is 1. The van der Waals surface area contributed by atoms with Crippen molar-refractivity contribution in [2.45, 2.75) is 26.4 Å². The highest BCUT2D eigenvalue weighted by molar-refractivity contribution is 5.95. The highest BCUT2D eigenvalue weighted by Gasteiger charge is 2.25. The number of quaternary nitrogens is 1. The molecular weight excluding hydrogens is 381 g/mol. The van der Waals surface area contributed by atoms with Crippen LogP contribution in [0.1, 0.15) is 19.4 Å². The summed E-state index contributed by atoms with van der Waals surface area (Å²) in [5, 5.41) is 13.7. The number of carbonyl (C=O) groups excluding carboxylic acids is 1. The fourth-order valence-electron chi connectivity index (χ4n) is 2.99. The average molecular weight is 406 g/mol. The number of nitro groups is 1. The Bertz CT molecular complexity index is 890. The van der Waals surface area contributed by atoms with E-state index in [4.69, 9.17) is 9.47 Å². The van der Waals surface area contributed by atoms with Crippen LogP contribution in [0.2, 0.25) is 0 Å². The second-order valence-electron chi connectivity index (χ2n) is 6.51. The largest absolute Gasteiger partial charge is 0.494 e. The zero-order valence-electron chi connectivity index (χ0n) is 16.8. The first kappa shape index (κ1) is 22.1. The Morgan fingerprint density at radius 3 is 2.45 bits per heavy atom. The van der Waals surface area contributed by atoms with Gasteiger partial charge in [-0.1, -0.05) is 0 Å². The fourth-order valence-corrected chi connectivity index (χ4v) is 2.99. The molecule has 8 nitrogen and oxygen atoms in total. The fraction of sp³-hybridized carbons (Fsp3) is 0.350. The zero-order valence-corrected chi connectivity index (χ0v) is 16.8. The first-order chi connectivity index (χ1) is 13.8. The molecule has 0 bridgehead atoms. The summed E-state index contributed by atoms with van der Waals surface area (Å²) in [6, 6.07) is 8.26. The van der Waals surface area contributed by atoms with Gasteiger partial charge in [0.05, 0.1) is 37.4 Å². The quantitative estimate of drug-likeness (QED) is 0.492. The topological polar surface area (TPSA) is 95.1 Å². The van der Waals surface area contributed by atoms with Gasteiger partial charge >= 0.3 is 0 Å². The molecule has 0 heterocycles. The number of halogens is 1. The Hall–Kier alpha value is -3.20. The second-order valence-corrected chi connectivity index (χ2v) is 6.51. The van der Waals surface area contributed by atoms with Crippen molar-refractivity contribution < 1.29 is 28.5 Å². The minimum absolute atomic E-state index is 0.129. The van der Waals surface area contributed by atoms with Crippen molar-refractivity contribution in [1.29, 1.82) is 0 Å². The molecule has 0 aliphatic carbocycles. The Kier molecular flexibility index (Phi) is 7.49. The standard InChI is InChI=1S/C20H24FN3O5/c1-5-23(12-14-6-9-18(28-3)16(21)10-14)13(2)20(25)22-17-8-7-15(24(26)27)11-19(17)29-4/h6-11,13H,5,12H2,1-4H3,(H,22,25)/p+1/t13-/m0/s1. The van der Waals surface area contributed by atoms with E-state index in [0.717, 1.165) is 10.5 Å². The maximum atomic E-state index is 13.9. The van der Waals surface area contributed by atoms with Gasteiger partial charge in [-0.05, 0) is 38.1 Å². The minimum Gasteiger partial charge on any atom is -0.494 e. The number of hydrogen-bond acceptors (Lipinski definition) is 5. The summed E-state index contributed by atoms with van der Waals surface area (Å²) in [5.41, 5.74) is 0.962. The monoisotopic (exact) mass is 406 g/mol. The number of nitrogens with zero attached hydrogens (tertiary/aromatic N) is 1. The number of nitrogens with one attached hydrogen (secondary N) is 2. The van der Waals surface area contributed by atoms with Crippen LogP contribution in [0.3, 0.4) is 0 Å². The Morgan fingerprint density at radius 2 is 1.90 bits per heavy atom.